The van der Waals surface area contributed by atoms with Crippen LogP contribution in [0.25, 0.3) is 0 Å². The lowest BCUT2D eigenvalue weighted by Crippen LogP contribution is -2.48. The normalized spacial score (nSPS) is 28.3. The minimum absolute atomic E-state index is 0.0323. The molecule has 8 nitrogen and oxygen atoms in total. The number of hydrogen-bond donors (Lipinski definition) is 3. The van der Waals surface area contributed by atoms with Gasteiger partial charge in [0.25, 0.3) is 5.91 Å². The number of piperazine rings is 1. The first kappa shape index (κ1) is 25.1. The second-order valence-corrected chi connectivity index (χ2v) is 14.6. The van der Waals surface area contributed by atoms with Crippen LogP contribution in [-0.2, 0) is 26.5 Å². The molecular weight excluding hydrogens is 474 g/mol. The number of aliphatic hydroxyl groups excluding tert-OH is 1. The van der Waals surface area contributed by atoms with Crippen LogP contribution in [0.4, 0.5) is 11.4 Å². The van der Waals surface area contributed by atoms with Gasteiger partial charge in [0.1, 0.15) is 0 Å². The number of benzene rings is 2. The van der Waals surface area contributed by atoms with E-state index in [-0.39, 0.29) is 29.9 Å². The number of hydrogen-bond acceptors (Lipinski definition) is 6. The van der Waals surface area contributed by atoms with Gasteiger partial charge in [-0.1, -0.05) is 37.3 Å². The predicted molar refractivity (Wildman–Crippen MR) is 140 cm³/mol. The lowest BCUT2D eigenvalue weighted by molar-refractivity contribution is -0.146. The third-order valence-corrected chi connectivity index (χ3v) is 10.5. The Hall–Kier alpha value is -2.56. The Labute approximate surface area is 213 Å². The van der Waals surface area contributed by atoms with E-state index >= 15 is 0 Å². The molecular formula is C27H35N3O5Si. The Morgan fingerprint density at radius 3 is 2.67 bits per heavy atom. The molecule has 192 valence electrons. The topological polar surface area (TPSA) is 102 Å². The fourth-order valence-electron chi connectivity index (χ4n) is 6.47. The summed E-state index contributed by atoms with van der Waals surface area (Å²) in [4.78, 5) is 41.4. The fourth-order valence-corrected chi connectivity index (χ4v) is 9.07. The van der Waals surface area contributed by atoms with Gasteiger partial charge >= 0.3 is 0 Å². The number of nitrogens with one attached hydrogen (secondary N) is 1. The Morgan fingerprint density at radius 2 is 1.94 bits per heavy atom. The standard InChI is InChI=1S/C27H35N3O5Si/c1-18-25(36(2,3)34)23(11-14-31)35-27(18)21-9-4-5-10-22(21)30(26(27)33)17-19-7-6-8-20(15-19)29-13-12-28-16-24(29)32/h4-10,15,18,23,25,28,31,34H,11-14,16-17H2,1-3H3/t18-,23+,25-,27+/m1/s1. The molecule has 0 aliphatic carbocycles. The lowest BCUT2D eigenvalue weighted by Gasteiger charge is -2.32. The Morgan fingerprint density at radius 1 is 1.17 bits per heavy atom. The van der Waals surface area contributed by atoms with E-state index in [4.69, 9.17) is 4.74 Å². The van der Waals surface area contributed by atoms with E-state index in [1.165, 1.54) is 0 Å². The van der Waals surface area contributed by atoms with Crippen LogP contribution < -0.4 is 15.1 Å². The molecule has 2 fully saturated rings. The molecule has 9 heteroatoms. The summed E-state index contributed by atoms with van der Waals surface area (Å²) in [5.41, 5.74) is 1.99. The number of ether oxygens (including phenoxy) is 1. The smallest absolute Gasteiger partial charge is 0.264 e. The van der Waals surface area contributed by atoms with Crippen molar-refractivity contribution in [3.05, 3.63) is 59.7 Å². The maximum absolute atomic E-state index is 14.3. The monoisotopic (exact) mass is 509 g/mol. The SMILES string of the molecule is C[C@@H]1[C@@H]([Si](C)(C)O)[C@H](CCO)O[C@@]12C(=O)N(Cc1cccc(N3CCNCC3=O)c1)c1ccccc12. The number of carbonyl (C=O) groups is 2. The van der Waals surface area contributed by atoms with Crippen LogP contribution >= 0.6 is 0 Å². The van der Waals surface area contributed by atoms with Gasteiger partial charge in [-0.15, -0.1) is 0 Å². The number of aliphatic hydroxyl groups is 1. The molecule has 2 amide bonds. The van der Waals surface area contributed by atoms with E-state index in [0.717, 1.165) is 29.0 Å². The van der Waals surface area contributed by atoms with Crippen LogP contribution in [0.1, 0.15) is 24.5 Å². The van der Waals surface area contributed by atoms with Crippen molar-refractivity contribution in [1.82, 2.24) is 5.32 Å². The molecule has 3 heterocycles. The predicted octanol–water partition coefficient (Wildman–Crippen LogP) is 2.35. The number of fused-ring (bicyclic) bond motifs is 2. The molecule has 0 bridgehead atoms. The summed E-state index contributed by atoms with van der Waals surface area (Å²) >= 11 is 0. The van der Waals surface area contributed by atoms with Crippen LogP contribution in [-0.4, -0.2) is 62.4 Å². The number of nitrogens with zero attached hydrogens (tertiary/aromatic N) is 2. The fraction of sp³-hybridized carbons (Fsp3) is 0.481. The molecule has 4 atom stereocenters. The van der Waals surface area contributed by atoms with Gasteiger partial charge in [-0.25, -0.2) is 0 Å². The van der Waals surface area contributed by atoms with Crippen molar-refractivity contribution in [2.45, 2.75) is 50.2 Å². The van der Waals surface area contributed by atoms with Crippen molar-refractivity contribution in [3.8, 4) is 0 Å². The molecule has 36 heavy (non-hydrogen) atoms. The zero-order chi connectivity index (χ0) is 25.7. The van der Waals surface area contributed by atoms with Crippen molar-refractivity contribution in [1.29, 1.82) is 0 Å². The summed E-state index contributed by atoms with van der Waals surface area (Å²) < 4.78 is 6.61. The first-order valence-corrected chi connectivity index (χ1v) is 15.7. The molecule has 3 aliphatic rings. The first-order chi connectivity index (χ1) is 17.2. The van der Waals surface area contributed by atoms with Gasteiger partial charge in [0.15, 0.2) is 13.9 Å². The van der Waals surface area contributed by atoms with Crippen LogP contribution in [0.3, 0.4) is 0 Å². The maximum atomic E-state index is 14.3. The van der Waals surface area contributed by atoms with Gasteiger partial charge < -0.3 is 29.8 Å². The van der Waals surface area contributed by atoms with Gasteiger partial charge in [-0.2, -0.15) is 0 Å². The average molecular weight is 510 g/mol. The largest absolute Gasteiger partial charge is 0.432 e. The molecule has 2 saturated heterocycles. The highest BCUT2D eigenvalue weighted by Gasteiger charge is 2.65. The average Bonchev–Trinajstić information content (AvgIpc) is 3.27. The van der Waals surface area contributed by atoms with Gasteiger partial charge in [0.2, 0.25) is 5.91 Å². The van der Waals surface area contributed by atoms with Gasteiger partial charge in [0, 0.05) is 42.4 Å². The van der Waals surface area contributed by atoms with Gasteiger partial charge in [-0.3, -0.25) is 9.59 Å². The van der Waals surface area contributed by atoms with E-state index in [2.05, 4.69) is 5.32 Å². The van der Waals surface area contributed by atoms with Crippen LogP contribution in [0.2, 0.25) is 18.6 Å². The molecule has 0 radical (unpaired) electrons. The molecule has 5 rings (SSSR count). The summed E-state index contributed by atoms with van der Waals surface area (Å²) in [6.07, 6.45) is -0.0140. The zero-order valence-corrected chi connectivity index (χ0v) is 22.1. The molecule has 3 aliphatic heterocycles. The minimum Gasteiger partial charge on any atom is -0.432 e. The quantitative estimate of drug-likeness (QED) is 0.517. The highest BCUT2D eigenvalue weighted by Crippen LogP contribution is 2.59. The summed E-state index contributed by atoms with van der Waals surface area (Å²) in [7, 11) is -2.71. The molecule has 2 aromatic carbocycles. The van der Waals surface area contributed by atoms with E-state index < -0.39 is 20.0 Å². The van der Waals surface area contributed by atoms with E-state index in [1.54, 1.807) is 9.80 Å². The second kappa shape index (κ2) is 9.39. The van der Waals surface area contributed by atoms with E-state index in [1.807, 2.05) is 68.5 Å². The zero-order valence-electron chi connectivity index (χ0n) is 21.1. The number of amides is 2. The number of rotatable bonds is 6. The molecule has 0 saturated carbocycles. The number of anilines is 2. The van der Waals surface area contributed by atoms with Gasteiger partial charge in [-0.05, 0) is 43.3 Å². The van der Waals surface area contributed by atoms with E-state index in [0.29, 0.717) is 26.1 Å². The third-order valence-electron chi connectivity index (χ3n) is 7.96. The van der Waals surface area contributed by atoms with Gasteiger partial charge in [0.05, 0.1) is 24.9 Å². The van der Waals surface area contributed by atoms with Crippen molar-refractivity contribution in [2.24, 2.45) is 5.92 Å². The van der Waals surface area contributed by atoms with Crippen molar-refractivity contribution in [2.75, 3.05) is 36.0 Å². The van der Waals surface area contributed by atoms with Crippen LogP contribution in [0, 0.1) is 5.92 Å². The maximum Gasteiger partial charge on any atom is 0.264 e. The molecule has 2 aromatic rings. The van der Waals surface area contributed by atoms with E-state index in [9.17, 15) is 19.5 Å². The molecule has 1 spiro atoms. The molecule has 0 aromatic heterocycles. The molecule has 0 unspecified atom stereocenters. The second-order valence-electron chi connectivity index (χ2n) is 10.7. The number of carbonyl (C=O) groups excluding carboxylic acids is 2. The Balaban J connectivity index is 1.51. The first-order valence-electron chi connectivity index (χ1n) is 12.7. The summed E-state index contributed by atoms with van der Waals surface area (Å²) in [5.74, 6) is -0.349. The minimum atomic E-state index is -2.71. The summed E-state index contributed by atoms with van der Waals surface area (Å²) in [6.45, 7) is 7.72. The molecule has 3 N–H and O–H groups in total. The van der Waals surface area contributed by atoms with Crippen molar-refractivity contribution in [3.63, 3.8) is 0 Å². The van der Waals surface area contributed by atoms with Crippen LogP contribution in [0.15, 0.2) is 48.5 Å². The number of para-hydroxylation sites is 1. The van der Waals surface area contributed by atoms with Crippen molar-refractivity contribution < 1.29 is 24.2 Å². The van der Waals surface area contributed by atoms with Crippen molar-refractivity contribution >= 4 is 31.5 Å². The Bertz CT molecular complexity index is 1170. The lowest BCUT2D eigenvalue weighted by atomic mass is 9.82. The highest BCUT2D eigenvalue weighted by atomic mass is 28.4. The summed E-state index contributed by atoms with van der Waals surface area (Å²) in [5, 5.41) is 12.8. The Kier molecular flexibility index (Phi) is 6.55. The summed E-state index contributed by atoms with van der Waals surface area (Å²) in [6, 6.07) is 15.5. The van der Waals surface area contributed by atoms with Crippen LogP contribution in [0.5, 0.6) is 0 Å². The highest BCUT2D eigenvalue weighted by molar-refractivity contribution is 6.71. The third kappa shape index (κ3) is 3.99.